The first-order chi connectivity index (χ1) is 17.2. The molecule has 1 aromatic carbocycles. The lowest BCUT2D eigenvalue weighted by molar-refractivity contribution is -0.188. The van der Waals surface area contributed by atoms with Crippen molar-refractivity contribution in [2.45, 2.75) is 51.4 Å². The number of urea groups is 1. The zero-order chi connectivity index (χ0) is 26.2. The summed E-state index contributed by atoms with van der Waals surface area (Å²) in [6, 6.07) is 3.96. The lowest BCUT2D eigenvalue weighted by Crippen LogP contribution is -2.76. The van der Waals surface area contributed by atoms with Gasteiger partial charge in [0.25, 0.3) is 0 Å². The van der Waals surface area contributed by atoms with Gasteiger partial charge in [-0.3, -0.25) is 14.4 Å². The molecule has 2 aliphatic rings. The second kappa shape index (κ2) is 12.6. The number of piperazine rings is 1. The van der Waals surface area contributed by atoms with Gasteiger partial charge < -0.3 is 25.0 Å². The molecule has 2 fully saturated rings. The predicted molar refractivity (Wildman–Crippen MR) is 127 cm³/mol. The van der Waals surface area contributed by atoms with Crippen LogP contribution in [-0.4, -0.2) is 101 Å². The average Bonchev–Trinajstić information content (AvgIpc) is 2.82. The third-order valence-corrected chi connectivity index (χ3v) is 6.23. The molecule has 11 nitrogen and oxygen atoms in total. The number of carboxylic acids is 1. The fourth-order valence-electron chi connectivity index (χ4n) is 4.44. The number of hydrazine groups is 1. The Morgan fingerprint density at radius 2 is 1.86 bits per heavy atom. The molecule has 2 N–H and O–H groups in total. The van der Waals surface area contributed by atoms with Crippen LogP contribution in [0.15, 0.2) is 24.3 Å². The first kappa shape index (κ1) is 27.3. The SMILES string of the molecule is CCCCOCCCN1C[C@H]2N(C(=O)CN(C)N2C(=O)NCc2ccc(F)cc2)[C@@H](CC(=O)O)C1=O. The Bertz CT molecular complexity index is 945. The highest BCUT2D eigenvalue weighted by Crippen LogP contribution is 2.27. The van der Waals surface area contributed by atoms with Crippen molar-refractivity contribution in [2.75, 3.05) is 39.9 Å². The van der Waals surface area contributed by atoms with Gasteiger partial charge in [0.05, 0.1) is 19.5 Å². The maximum absolute atomic E-state index is 13.2. The summed E-state index contributed by atoms with van der Waals surface area (Å²) >= 11 is 0. The van der Waals surface area contributed by atoms with E-state index in [0.717, 1.165) is 12.8 Å². The minimum Gasteiger partial charge on any atom is -0.481 e. The molecule has 198 valence electrons. The van der Waals surface area contributed by atoms with E-state index >= 15 is 0 Å². The van der Waals surface area contributed by atoms with Crippen LogP contribution in [0.4, 0.5) is 9.18 Å². The van der Waals surface area contributed by atoms with Crippen molar-refractivity contribution in [3.63, 3.8) is 0 Å². The van der Waals surface area contributed by atoms with E-state index in [1.807, 2.05) is 0 Å². The first-order valence-electron chi connectivity index (χ1n) is 12.1. The minimum absolute atomic E-state index is 0.0456. The van der Waals surface area contributed by atoms with Gasteiger partial charge in [-0.2, -0.15) is 0 Å². The number of carbonyl (C=O) groups is 4. The molecule has 3 rings (SSSR count). The van der Waals surface area contributed by atoms with Crippen molar-refractivity contribution < 1.29 is 33.4 Å². The van der Waals surface area contributed by atoms with Gasteiger partial charge in [0.2, 0.25) is 11.8 Å². The first-order valence-corrected chi connectivity index (χ1v) is 12.1. The third-order valence-electron chi connectivity index (χ3n) is 6.23. The number of carboxylic acid groups (broad SMARTS) is 1. The molecule has 0 aliphatic carbocycles. The third kappa shape index (κ3) is 6.70. The van der Waals surface area contributed by atoms with E-state index in [1.165, 1.54) is 32.0 Å². The second-order valence-corrected chi connectivity index (χ2v) is 8.94. The monoisotopic (exact) mass is 507 g/mol. The van der Waals surface area contributed by atoms with E-state index in [4.69, 9.17) is 4.74 Å². The number of likely N-dealkylation sites (N-methyl/N-ethyl adjacent to an activating group) is 1. The molecule has 36 heavy (non-hydrogen) atoms. The van der Waals surface area contributed by atoms with Gasteiger partial charge in [0, 0.05) is 33.4 Å². The number of ether oxygens (including phenoxy) is 1. The van der Waals surface area contributed by atoms with Crippen LogP contribution < -0.4 is 5.32 Å². The Kier molecular flexibility index (Phi) is 9.59. The maximum Gasteiger partial charge on any atom is 0.334 e. The van der Waals surface area contributed by atoms with Gasteiger partial charge in [0.15, 0.2) is 0 Å². The molecule has 2 saturated heterocycles. The number of amides is 4. The van der Waals surface area contributed by atoms with Crippen LogP contribution in [0.2, 0.25) is 0 Å². The smallest absolute Gasteiger partial charge is 0.334 e. The predicted octanol–water partition coefficient (Wildman–Crippen LogP) is 1.24. The molecular weight excluding hydrogens is 473 g/mol. The molecule has 0 radical (unpaired) electrons. The highest BCUT2D eigenvalue weighted by Gasteiger charge is 2.51. The number of hydrogen-bond acceptors (Lipinski definition) is 6. The summed E-state index contributed by atoms with van der Waals surface area (Å²) in [5.74, 6) is -2.47. The molecule has 0 unspecified atom stereocenters. The van der Waals surface area contributed by atoms with Crippen molar-refractivity contribution in [3.05, 3.63) is 35.6 Å². The molecule has 2 aliphatic heterocycles. The van der Waals surface area contributed by atoms with E-state index in [0.29, 0.717) is 31.7 Å². The summed E-state index contributed by atoms with van der Waals surface area (Å²) < 4.78 is 18.8. The summed E-state index contributed by atoms with van der Waals surface area (Å²) in [5, 5.41) is 15.0. The van der Waals surface area contributed by atoms with Gasteiger partial charge in [-0.1, -0.05) is 25.5 Å². The van der Waals surface area contributed by atoms with E-state index in [9.17, 15) is 28.7 Å². The zero-order valence-corrected chi connectivity index (χ0v) is 20.7. The standard InChI is InChI=1S/C24H34FN5O6/c1-3-4-11-36-12-5-10-28-15-20-29(19(23(28)34)13-22(32)33)21(31)16-27(2)30(20)24(35)26-14-17-6-8-18(25)9-7-17/h6-9,19-20H,3-5,10-16H2,1-2H3,(H,26,35)(H,32,33)/t19-,20-/m0/s1. The highest BCUT2D eigenvalue weighted by atomic mass is 19.1. The number of halogens is 1. The van der Waals surface area contributed by atoms with E-state index in [1.54, 1.807) is 19.2 Å². The molecule has 0 aromatic heterocycles. The van der Waals surface area contributed by atoms with Gasteiger partial charge in [-0.15, -0.1) is 0 Å². The van der Waals surface area contributed by atoms with E-state index in [2.05, 4.69) is 12.2 Å². The van der Waals surface area contributed by atoms with Gasteiger partial charge in [0.1, 0.15) is 18.0 Å². The largest absolute Gasteiger partial charge is 0.481 e. The Hall–Kier alpha value is -3.25. The fourth-order valence-corrected chi connectivity index (χ4v) is 4.44. The number of hydrogen-bond donors (Lipinski definition) is 2. The number of fused-ring (bicyclic) bond motifs is 1. The summed E-state index contributed by atoms with van der Waals surface area (Å²) in [6.07, 6.45) is 1.07. The molecule has 4 amide bonds. The number of rotatable bonds is 11. The van der Waals surface area contributed by atoms with Crippen LogP contribution in [0.5, 0.6) is 0 Å². The summed E-state index contributed by atoms with van der Waals surface area (Å²) in [6.45, 7) is 3.44. The van der Waals surface area contributed by atoms with Crippen molar-refractivity contribution in [1.82, 2.24) is 25.1 Å². The van der Waals surface area contributed by atoms with Gasteiger partial charge in [-0.25, -0.2) is 19.2 Å². The summed E-state index contributed by atoms with van der Waals surface area (Å²) in [7, 11) is 1.58. The molecule has 2 atom stereocenters. The van der Waals surface area contributed by atoms with Crippen LogP contribution in [-0.2, 0) is 25.7 Å². The van der Waals surface area contributed by atoms with E-state index < -0.39 is 42.4 Å². The van der Waals surface area contributed by atoms with Crippen LogP contribution in [0, 0.1) is 5.82 Å². The summed E-state index contributed by atoms with van der Waals surface area (Å²) in [4.78, 5) is 53.6. The quantitative estimate of drug-likeness (QED) is 0.432. The Labute approximate surface area is 209 Å². The van der Waals surface area contributed by atoms with Crippen molar-refractivity contribution in [2.24, 2.45) is 0 Å². The molecule has 0 saturated carbocycles. The number of aliphatic carboxylic acids is 1. The normalized spacial score (nSPS) is 20.5. The molecule has 12 heteroatoms. The van der Waals surface area contributed by atoms with Crippen molar-refractivity contribution in [3.8, 4) is 0 Å². The molecule has 1 aromatic rings. The molecule has 0 spiro atoms. The fraction of sp³-hybridized carbons (Fsp3) is 0.583. The highest BCUT2D eigenvalue weighted by molar-refractivity contribution is 5.93. The van der Waals surface area contributed by atoms with Gasteiger partial charge in [-0.05, 0) is 30.5 Å². The Balaban J connectivity index is 1.76. The lowest BCUT2D eigenvalue weighted by Gasteiger charge is -2.54. The number of nitrogens with one attached hydrogen (secondary N) is 1. The molecule has 0 bridgehead atoms. The number of carbonyl (C=O) groups excluding carboxylic acids is 3. The van der Waals surface area contributed by atoms with Gasteiger partial charge >= 0.3 is 12.0 Å². The number of nitrogens with zero attached hydrogens (tertiary/aromatic N) is 4. The van der Waals surface area contributed by atoms with Crippen LogP contribution in [0.25, 0.3) is 0 Å². The number of unbranched alkanes of at least 4 members (excludes halogenated alkanes) is 1. The van der Waals surface area contributed by atoms with Crippen molar-refractivity contribution in [1.29, 1.82) is 0 Å². The maximum atomic E-state index is 13.2. The minimum atomic E-state index is -1.21. The van der Waals surface area contributed by atoms with Crippen molar-refractivity contribution >= 4 is 23.8 Å². The van der Waals surface area contributed by atoms with Crippen LogP contribution >= 0.6 is 0 Å². The topological polar surface area (TPSA) is 123 Å². The summed E-state index contributed by atoms with van der Waals surface area (Å²) in [5.41, 5.74) is 0.685. The Morgan fingerprint density at radius 1 is 1.17 bits per heavy atom. The molecular formula is C24H34FN5O6. The number of benzene rings is 1. The zero-order valence-electron chi connectivity index (χ0n) is 20.7. The second-order valence-electron chi connectivity index (χ2n) is 8.94. The lowest BCUT2D eigenvalue weighted by atomic mass is 10.0. The van der Waals surface area contributed by atoms with E-state index in [-0.39, 0.29) is 25.5 Å². The van der Waals surface area contributed by atoms with Crippen LogP contribution in [0.3, 0.4) is 0 Å². The van der Waals surface area contributed by atoms with Crippen LogP contribution in [0.1, 0.15) is 38.2 Å². The average molecular weight is 508 g/mol. The molecule has 2 heterocycles. The Morgan fingerprint density at radius 3 is 2.53 bits per heavy atom.